The number of nitrogens with zero attached hydrogens (tertiary/aromatic N) is 2. The molecule has 3 heteroatoms. The van der Waals surface area contributed by atoms with Gasteiger partial charge in [0.05, 0.1) is 0 Å². The van der Waals surface area contributed by atoms with Crippen molar-refractivity contribution >= 4 is 5.82 Å². The number of hydrogen-bond acceptors (Lipinski definition) is 3. The molecule has 2 aliphatic rings. The lowest BCUT2D eigenvalue weighted by molar-refractivity contribution is 0.279. The molecule has 3 nitrogen and oxygen atoms in total. The van der Waals surface area contributed by atoms with Crippen molar-refractivity contribution in [1.82, 2.24) is 10.3 Å². The molecule has 20 heavy (non-hydrogen) atoms. The van der Waals surface area contributed by atoms with Crippen molar-refractivity contribution in [3.63, 3.8) is 0 Å². The van der Waals surface area contributed by atoms with Gasteiger partial charge in [0.2, 0.25) is 0 Å². The van der Waals surface area contributed by atoms with Crippen LogP contribution in [0.15, 0.2) is 12.1 Å². The van der Waals surface area contributed by atoms with Gasteiger partial charge < -0.3 is 10.2 Å². The number of rotatable bonds is 4. The average molecular weight is 273 g/mol. The van der Waals surface area contributed by atoms with Gasteiger partial charge in [-0.3, -0.25) is 0 Å². The maximum atomic E-state index is 4.83. The molecule has 3 rings (SSSR count). The first-order chi connectivity index (χ1) is 9.53. The molecule has 2 fully saturated rings. The third kappa shape index (κ3) is 3.32. The summed E-state index contributed by atoms with van der Waals surface area (Å²) < 4.78 is 0. The molecule has 0 amide bonds. The van der Waals surface area contributed by atoms with Crippen molar-refractivity contribution in [2.75, 3.05) is 18.0 Å². The zero-order chi connectivity index (χ0) is 14.2. The van der Waals surface area contributed by atoms with Crippen LogP contribution in [-0.4, -0.2) is 24.1 Å². The van der Waals surface area contributed by atoms with E-state index in [2.05, 4.69) is 43.1 Å². The minimum atomic E-state index is 0.500. The SMILES string of the molecule is Cc1nc(N2CCC(C)(C)CC2)ccc1CNC1CC1. The Morgan fingerprint density at radius 3 is 2.55 bits per heavy atom. The van der Waals surface area contributed by atoms with E-state index in [0.717, 1.165) is 31.5 Å². The Morgan fingerprint density at radius 1 is 1.25 bits per heavy atom. The normalized spacial score (nSPS) is 22.1. The number of nitrogens with one attached hydrogen (secondary N) is 1. The highest BCUT2D eigenvalue weighted by molar-refractivity contribution is 5.42. The first kappa shape index (κ1) is 13.9. The minimum absolute atomic E-state index is 0.500. The molecule has 0 atom stereocenters. The van der Waals surface area contributed by atoms with Crippen LogP contribution >= 0.6 is 0 Å². The van der Waals surface area contributed by atoms with E-state index in [4.69, 9.17) is 4.98 Å². The largest absolute Gasteiger partial charge is 0.357 e. The minimum Gasteiger partial charge on any atom is -0.357 e. The lowest BCUT2D eigenvalue weighted by atomic mass is 9.83. The van der Waals surface area contributed by atoms with Crippen LogP contribution in [0.5, 0.6) is 0 Å². The summed E-state index contributed by atoms with van der Waals surface area (Å²) in [4.78, 5) is 7.27. The van der Waals surface area contributed by atoms with Crippen molar-refractivity contribution in [3.8, 4) is 0 Å². The van der Waals surface area contributed by atoms with Gasteiger partial charge in [-0.05, 0) is 49.7 Å². The standard InChI is InChI=1S/C17H27N3/c1-13-14(12-18-15-5-6-15)4-7-16(19-13)20-10-8-17(2,3)9-11-20/h4,7,15,18H,5-6,8-12H2,1-3H3. The highest BCUT2D eigenvalue weighted by atomic mass is 15.2. The number of hydrogen-bond donors (Lipinski definition) is 1. The summed E-state index contributed by atoms with van der Waals surface area (Å²) in [5.41, 5.74) is 3.03. The molecule has 1 saturated heterocycles. The van der Waals surface area contributed by atoms with Gasteiger partial charge in [-0.25, -0.2) is 4.98 Å². The lowest BCUT2D eigenvalue weighted by Crippen LogP contribution is -2.37. The molecule has 1 aromatic rings. The predicted octanol–water partition coefficient (Wildman–Crippen LogP) is 3.27. The molecule has 2 heterocycles. The lowest BCUT2D eigenvalue weighted by Gasteiger charge is -2.37. The Balaban J connectivity index is 1.63. The molecule has 0 radical (unpaired) electrons. The van der Waals surface area contributed by atoms with E-state index >= 15 is 0 Å². The average Bonchev–Trinajstić information content (AvgIpc) is 3.21. The van der Waals surface area contributed by atoms with Gasteiger partial charge in [-0.1, -0.05) is 19.9 Å². The van der Waals surface area contributed by atoms with E-state index in [1.54, 1.807) is 0 Å². The maximum absolute atomic E-state index is 4.83. The van der Waals surface area contributed by atoms with Crippen molar-refractivity contribution in [1.29, 1.82) is 0 Å². The van der Waals surface area contributed by atoms with Gasteiger partial charge in [0.15, 0.2) is 0 Å². The number of aryl methyl sites for hydroxylation is 1. The van der Waals surface area contributed by atoms with Crippen LogP contribution in [0, 0.1) is 12.3 Å². The third-order valence-corrected chi connectivity index (χ3v) is 4.78. The quantitative estimate of drug-likeness (QED) is 0.912. The van der Waals surface area contributed by atoms with Crippen LogP contribution in [0.3, 0.4) is 0 Å². The predicted molar refractivity (Wildman–Crippen MR) is 84.1 cm³/mol. The summed E-state index contributed by atoms with van der Waals surface area (Å²) in [5, 5.41) is 3.57. The molecule has 1 aromatic heterocycles. The molecule has 0 bridgehead atoms. The Hall–Kier alpha value is -1.09. The monoisotopic (exact) mass is 273 g/mol. The molecular formula is C17H27N3. The molecule has 0 aromatic carbocycles. The maximum Gasteiger partial charge on any atom is 0.128 e. The fourth-order valence-electron chi connectivity index (χ4n) is 2.82. The Morgan fingerprint density at radius 2 is 1.95 bits per heavy atom. The Kier molecular flexibility index (Phi) is 3.72. The van der Waals surface area contributed by atoms with Crippen LogP contribution in [0.4, 0.5) is 5.82 Å². The molecule has 1 aliphatic carbocycles. The zero-order valence-electron chi connectivity index (χ0n) is 13.1. The van der Waals surface area contributed by atoms with Crippen LogP contribution in [0.25, 0.3) is 0 Å². The van der Waals surface area contributed by atoms with Gasteiger partial charge in [0.1, 0.15) is 5.82 Å². The third-order valence-electron chi connectivity index (χ3n) is 4.78. The van der Waals surface area contributed by atoms with Crippen molar-refractivity contribution in [2.24, 2.45) is 5.41 Å². The van der Waals surface area contributed by atoms with Crippen LogP contribution in [0.1, 0.15) is 50.8 Å². The van der Waals surface area contributed by atoms with Gasteiger partial charge in [0, 0.05) is 31.4 Å². The molecular weight excluding hydrogens is 246 g/mol. The van der Waals surface area contributed by atoms with Crippen LogP contribution in [-0.2, 0) is 6.54 Å². The summed E-state index contributed by atoms with van der Waals surface area (Å²) in [7, 11) is 0. The van der Waals surface area contributed by atoms with E-state index in [0.29, 0.717) is 5.41 Å². The van der Waals surface area contributed by atoms with Crippen LogP contribution in [0.2, 0.25) is 0 Å². The van der Waals surface area contributed by atoms with Gasteiger partial charge in [0.25, 0.3) is 0 Å². The smallest absolute Gasteiger partial charge is 0.128 e. The zero-order valence-corrected chi connectivity index (χ0v) is 13.1. The van der Waals surface area contributed by atoms with Gasteiger partial charge in [-0.2, -0.15) is 0 Å². The van der Waals surface area contributed by atoms with Crippen molar-refractivity contribution in [2.45, 2.75) is 59.0 Å². The number of aromatic nitrogens is 1. The van der Waals surface area contributed by atoms with Crippen LogP contribution < -0.4 is 10.2 Å². The summed E-state index contributed by atoms with van der Waals surface area (Å²) in [6.07, 6.45) is 5.21. The molecule has 1 aliphatic heterocycles. The van der Waals surface area contributed by atoms with E-state index < -0.39 is 0 Å². The van der Waals surface area contributed by atoms with E-state index in [1.807, 2.05) is 0 Å². The van der Waals surface area contributed by atoms with Gasteiger partial charge >= 0.3 is 0 Å². The molecule has 1 saturated carbocycles. The molecule has 0 unspecified atom stereocenters. The number of anilines is 1. The van der Waals surface area contributed by atoms with E-state index in [1.165, 1.54) is 36.9 Å². The molecule has 0 spiro atoms. The second-order valence-corrected chi connectivity index (χ2v) is 7.22. The summed E-state index contributed by atoms with van der Waals surface area (Å²) in [6, 6.07) is 5.22. The second kappa shape index (κ2) is 5.36. The highest BCUT2D eigenvalue weighted by Gasteiger charge is 2.26. The fourth-order valence-corrected chi connectivity index (χ4v) is 2.82. The number of pyridine rings is 1. The number of piperidine rings is 1. The molecule has 110 valence electrons. The first-order valence-corrected chi connectivity index (χ1v) is 7.98. The highest BCUT2D eigenvalue weighted by Crippen LogP contribution is 2.31. The fraction of sp³-hybridized carbons (Fsp3) is 0.706. The summed E-state index contributed by atoms with van der Waals surface area (Å²) in [6.45, 7) is 10.1. The van der Waals surface area contributed by atoms with Crippen molar-refractivity contribution < 1.29 is 0 Å². The Bertz CT molecular complexity index is 467. The van der Waals surface area contributed by atoms with Crippen molar-refractivity contribution in [3.05, 3.63) is 23.4 Å². The van der Waals surface area contributed by atoms with E-state index in [9.17, 15) is 0 Å². The second-order valence-electron chi connectivity index (χ2n) is 7.22. The Labute approximate surface area is 122 Å². The first-order valence-electron chi connectivity index (χ1n) is 7.98. The molecule has 1 N–H and O–H groups in total. The van der Waals surface area contributed by atoms with Gasteiger partial charge in [-0.15, -0.1) is 0 Å². The summed E-state index contributed by atoms with van der Waals surface area (Å²) in [5.74, 6) is 1.16. The van der Waals surface area contributed by atoms with E-state index in [-0.39, 0.29) is 0 Å². The summed E-state index contributed by atoms with van der Waals surface area (Å²) >= 11 is 0. The topological polar surface area (TPSA) is 28.2 Å².